The van der Waals surface area contributed by atoms with E-state index in [1.165, 1.54) is 6.42 Å². The summed E-state index contributed by atoms with van der Waals surface area (Å²) in [6.07, 6.45) is 1.59. The molecule has 0 aliphatic carbocycles. The van der Waals surface area contributed by atoms with Gasteiger partial charge in [-0.05, 0) is 18.6 Å². The average molecular weight is 242 g/mol. The highest BCUT2D eigenvalue weighted by molar-refractivity contribution is 7.80. The summed E-state index contributed by atoms with van der Waals surface area (Å²) in [4.78, 5) is 0. The molecule has 0 aliphatic rings. The molecule has 0 unspecified atom stereocenters. The van der Waals surface area contributed by atoms with Gasteiger partial charge in [-0.1, -0.05) is 39.0 Å². The number of hydrogen-bond acceptors (Lipinski definition) is 2. The summed E-state index contributed by atoms with van der Waals surface area (Å²) in [5, 5.41) is -1.25. The van der Waals surface area contributed by atoms with Crippen molar-refractivity contribution in [1.29, 1.82) is 0 Å². The molecule has 0 aromatic rings. The zero-order valence-corrected chi connectivity index (χ0v) is 9.72. The van der Waals surface area contributed by atoms with Crippen LogP contribution in [0.15, 0.2) is 0 Å². The molecule has 90 valence electrons. The van der Waals surface area contributed by atoms with Crippen LogP contribution in [0.3, 0.4) is 0 Å². The van der Waals surface area contributed by atoms with Gasteiger partial charge in [0.05, 0.1) is 6.61 Å². The number of alkyl halides is 3. The maximum absolute atomic E-state index is 11.9. The third-order valence-corrected chi connectivity index (χ3v) is 2.31. The van der Waals surface area contributed by atoms with E-state index >= 15 is 0 Å². The normalized spacial score (nSPS) is 11.5. The fourth-order valence-electron chi connectivity index (χ4n) is 1.13. The van der Waals surface area contributed by atoms with Crippen LogP contribution in [-0.4, -0.2) is 17.8 Å². The van der Waals surface area contributed by atoms with Crippen LogP contribution in [0.4, 0.5) is 13.2 Å². The Bertz CT molecular complexity index is 180. The van der Waals surface area contributed by atoms with Gasteiger partial charge < -0.3 is 4.74 Å². The van der Waals surface area contributed by atoms with Crippen molar-refractivity contribution < 1.29 is 17.9 Å². The van der Waals surface area contributed by atoms with Gasteiger partial charge in [-0.25, -0.2) is 0 Å². The van der Waals surface area contributed by atoms with Gasteiger partial charge in [0.25, 0.3) is 5.05 Å². The minimum atomic E-state index is -4.49. The Balaban J connectivity index is 3.28. The molecular formula is C10H17F3OS. The van der Waals surface area contributed by atoms with Crippen LogP contribution in [0.2, 0.25) is 0 Å². The molecule has 0 saturated carbocycles. The average Bonchev–Trinajstić information content (AvgIpc) is 2.14. The van der Waals surface area contributed by atoms with E-state index in [2.05, 4.69) is 23.9 Å². The van der Waals surface area contributed by atoms with Gasteiger partial charge in [-0.15, -0.1) is 0 Å². The van der Waals surface area contributed by atoms with Gasteiger partial charge in [-0.2, -0.15) is 13.2 Å². The molecule has 0 heterocycles. The summed E-state index contributed by atoms with van der Waals surface area (Å²) in [6, 6.07) is 0. The molecule has 1 nitrogen and oxygen atoms in total. The molecule has 0 aromatic heterocycles. The van der Waals surface area contributed by atoms with Crippen molar-refractivity contribution in [2.45, 2.75) is 51.6 Å². The number of unbranched alkanes of at least 4 members (excludes halogenated alkanes) is 5. The van der Waals surface area contributed by atoms with Crippen LogP contribution >= 0.6 is 12.2 Å². The summed E-state index contributed by atoms with van der Waals surface area (Å²) in [6.45, 7) is 2.19. The molecule has 5 heteroatoms. The van der Waals surface area contributed by atoms with Crippen LogP contribution in [0.25, 0.3) is 0 Å². The second-order valence-corrected chi connectivity index (χ2v) is 3.77. The van der Waals surface area contributed by atoms with E-state index in [4.69, 9.17) is 0 Å². The molecule has 15 heavy (non-hydrogen) atoms. The van der Waals surface area contributed by atoms with E-state index in [0.29, 0.717) is 6.42 Å². The smallest absolute Gasteiger partial charge is 0.460 e. The molecule has 0 N–H and O–H groups in total. The van der Waals surface area contributed by atoms with Crippen molar-refractivity contribution in [3.63, 3.8) is 0 Å². The fourth-order valence-corrected chi connectivity index (χ4v) is 1.21. The van der Waals surface area contributed by atoms with Crippen molar-refractivity contribution >= 4 is 17.3 Å². The molecular weight excluding hydrogens is 225 g/mol. The number of rotatable bonds is 7. The highest BCUT2D eigenvalue weighted by Crippen LogP contribution is 2.18. The van der Waals surface area contributed by atoms with E-state index < -0.39 is 11.2 Å². The Labute approximate surface area is 94.0 Å². The zero-order chi connectivity index (χ0) is 11.7. The Kier molecular flexibility index (Phi) is 7.74. The lowest BCUT2D eigenvalue weighted by molar-refractivity contribution is -0.0746. The Morgan fingerprint density at radius 2 is 1.60 bits per heavy atom. The number of halogens is 3. The lowest BCUT2D eigenvalue weighted by atomic mass is 10.1. The van der Waals surface area contributed by atoms with Crippen LogP contribution in [0.1, 0.15) is 45.4 Å². The molecule has 0 saturated heterocycles. The summed E-state index contributed by atoms with van der Waals surface area (Å²) >= 11 is 4.06. The largest absolute Gasteiger partial charge is 0.480 e. The minimum Gasteiger partial charge on any atom is -0.480 e. The van der Waals surface area contributed by atoms with E-state index in [1.807, 2.05) is 0 Å². The summed E-state index contributed by atoms with van der Waals surface area (Å²) < 4.78 is 40.0. The molecule has 0 spiro atoms. The standard InChI is InChI=1S/C10H17F3OS/c1-2-3-4-5-6-7-8-14-9(15)10(11,12)13/h2-8H2,1H3. The zero-order valence-electron chi connectivity index (χ0n) is 8.90. The van der Waals surface area contributed by atoms with Gasteiger partial charge in [0.1, 0.15) is 0 Å². The first-order chi connectivity index (χ1) is 6.98. The van der Waals surface area contributed by atoms with E-state index in [0.717, 1.165) is 25.7 Å². The Hall–Kier alpha value is -0.320. The van der Waals surface area contributed by atoms with Crippen molar-refractivity contribution in [1.82, 2.24) is 0 Å². The topological polar surface area (TPSA) is 9.23 Å². The second-order valence-electron chi connectivity index (χ2n) is 3.40. The first-order valence-corrected chi connectivity index (χ1v) is 5.63. The predicted molar refractivity (Wildman–Crippen MR) is 58.0 cm³/mol. The second kappa shape index (κ2) is 7.91. The van der Waals surface area contributed by atoms with Gasteiger partial charge in [-0.3, -0.25) is 0 Å². The molecule has 0 rings (SSSR count). The van der Waals surface area contributed by atoms with E-state index in [1.54, 1.807) is 0 Å². The SMILES string of the molecule is CCCCCCCCOC(=S)C(F)(F)F. The first kappa shape index (κ1) is 14.7. The van der Waals surface area contributed by atoms with Crippen molar-refractivity contribution in [3.05, 3.63) is 0 Å². The molecule has 0 atom stereocenters. The predicted octanol–water partition coefficient (Wildman–Crippen LogP) is 4.25. The van der Waals surface area contributed by atoms with E-state index in [-0.39, 0.29) is 6.61 Å². The minimum absolute atomic E-state index is 0.0739. The van der Waals surface area contributed by atoms with Gasteiger partial charge in [0.2, 0.25) is 0 Å². The van der Waals surface area contributed by atoms with Crippen LogP contribution in [-0.2, 0) is 4.74 Å². The molecule has 0 aromatic carbocycles. The lowest BCUT2D eigenvalue weighted by Gasteiger charge is -2.09. The third-order valence-electron chi connectivity index (χ3n) is 1.96. The first-order valence-electron chi connectivity index (χ1n) is 5.22. The van der Waals surface area contributed by atoms with Crippen LogP contribution < -0.4 is 0 Å². The van der Waals surface area contributed by atoms with Crippen molar-refractivity contribution in [2.75, 3.05) is 6.61 Å². The van der Waals surface area contributed by atoms with Crippen LogP contribution in [0.5, 0.6) is 0 Å². The van der Waals surface area contributed by atoms with Crippen molar-refractivity contribution in [2.24, 2.45) is 0 Å². The number of ether oxygens (including phenoxy) is 1. The number of hydrogen-bond donors (Lipinski definition) is 0. The molecule has 0 fully saturated rings. The van der Waals surface area contributed by atoms with Crippen LogP contribution in [0, 0.1) is 0 Å². The Morgan fingerprint density at radius 3 is 2.13 bits per heavy atom. The highest BCUT2D eigenvalue weighted by atomic mass is 32.1. The number of thiocarbonyl (C=S) groups is 1. The third kappa shape index (κ3) is 8.66. The molecule has 0 amide bonds. The maximum atomic E-state index is 11.9. The van der Waals surface area contributed by atoms with Gasteiger partial charge in [0.15, 0.2) is 0 Å². The Morgan fingerprint density at radius 1 is 1.07 bits per heavy atom. The summed E-state index contributed by atoms with van der Waals surface area (Å²) in [5.41, 5.74) is 0. The van der Waals surface area contributed by atoms with E-state index in [9.17, 15) is 13.2 Å². The molecule has 0 radical (unpaired) electrons. The lowest BCUT2D eigenvalue weighted by Crippen LogP contribution is -2.23. The quantitative estimate of drug-likeness (QED) is 0.487. The fraction of sp³-hybridized carbons (Fsp3) is 0.900. The maximum Gasteiger partial charge on any atom is 0.460 e. The molecule has 0 aliphatic heterocycles. The van der Waals surface area contributed by atoms with Crippen molar-refractivity contribution in [3.8, 4) is 0 Å². The molecule has 0 bridgehead atoms. The van der Waals surface area contributed by atoms with Gasteiger partial charge >= 0.3 is 6.18 Å². The summed E-state index contributed by atoms with van der Waals surface area (Å²) in [5.74, 6) is 0. The summed E-state index contributed by atoms with van der Waals surface area (Å²) in [7, 11) is 0. The monoisotopic (exact) mass is 242 g/mol. The van der Waals surface area contributed by atoms with Gasteiger partial charge in [0, 0.05) is 0 Å². The highest BCUT2D eigenvalue weighted by Gasteiger charge is 2.36.